The number of ether oxygens (including phenoxy) is 3. The first-order valence-electron chi connectivity index (χ1n) is 30.7. The third-order valence-corrected chi connectivity index (χ3v) is 13.0. The highest BCUT2D eigenvalue weighted by molar-refractivity contribution is 5.71. The summed E-state index contributed by atoms with van der Waals surface area (Å²) in [7, 11) is 0. The van der Waals surface area contributed by atoms with Crippen LogP contribution in [0.1, 0.15) is 290 Å². The molecule has 6 nitrogen and oxygen atoms in total. The Morgan fingerprint density at radius 2 is 0.534 bits per heavy atom. The molecule has 73 heavy (non-hydrogen) atoms. The van der Waals surface area contributed by atoms with Crippen molar-refractivity contribution in [2.75, 3.05) is 13.2 Å². The number of hydrogen-bond acceptors (Lipinski definition) is 6. The fraction of sp³-hybridized carbons (Fsp3) is 0.716. The van der Waals surface area contributed by atoms with E-state index in [9.17, 15) is 14.4 Å². The summed E-state index contributed by atoms with van der Waals surface area (Å²) in [5, 5.41) is 0. The van der Waals surface area contributed by atoms with E-state index in [-0.39, 0.29) is 31.1 Å². The minimum absolute atomic E-state index is 0.0930. The Balaban J connectivity index is 4.46. The molecule has 0 rings (SSSR count). The number of carbonyl (C=O) groups excluding carboxylic acids is 3. The molecule has 0 aromatic heterocycles. The number of carbonyl (C=O) groups is 3. The highest BCUT2D eigenvalue weighted by Gasteiger charge is 2.19. The third kappa shape index (κ3) is 59.1. The molecular formula is C67H114O6. The monoisotopic (exact) mass is 1010 g/mol. The van der Waals surface area contributed by atoms with E-state index in [1.807, 2.05) is 0 Å². The molecule has 6 heteroatoms. The quantitative estimate of drug-likeness (QED) is 0.0261. The van der Waals surface area contributed by atoms with Crippen molar-refractivity contribution in [2.45, 2.75) is 297 Å². The van der Waals surface area contributed by atoms with Crippen LogP contribution in [-0.2, 0) is 28.6 Å². The summed E-state index contributed by atoms with van der Waals surface area (Å²) in [5.41, 5.74) is 0. The minimum atomic E-state index is -0.798. The maximum Gasteiger partial charge on any atom is 0.306 e. The number of allylic oxidation sites excluding steroid dienone is 16. The molecule has 0 heterocycles. The summed E-state index contributed by atoms with van der Waals surface area (Å²) in [4.78, 5) is 38.3. The summed E-state index contributed by atoms with van der Waals surface area (Å²) in [5.74, 6) is -0.928. The largest absolute Gasteiger partial charge is 0.462 e. The van der Waals surface area contributed by atoms with Gasteiger partial charge in [-0.05, 0) is 122 Å². The van der Waals surface area contributed by atoms with Crippen LogP contribution in [0.4, 0.5) is 0 Å². The van der Waals surface area contributed by atoms with E-state index >= 15 is 0 Å². The van der Waals surface area contributed by atoms with Crippen molar-refractivity contribution in [1.29, 1.82) is 0 Å². The summed E-state index contributed by atoms with van der Waals surface area (Å²) in [6.07, 6.45) is 81.1. The van der Waals surface area contributed by atoms with Crippen LogP contribution >= 0.6 is 0 Å². The van der Waals surface area contributed by atoms with Crippen molar-refractivity contribution in [1.82, 2.24) is 0 Å². The number of esters is 3. The number of rotatable bonds is 55. The lowest BCUT2D eigenvalue weighted by Crippen LogP contribution is -2.30. The van der Waals surface area contributed by atoms with Crippen LogP contribution in [0.2, 0.25) is 0 Å². The highest BCUT2D eigenvalue weighted by Crippen LogP contribution is 2.15. The molecule has 1 atom stereocenters. The van der Waals surface area contributed by atoms with Crippen molar-refractivity contribution in [2.24, 2.45) is 0 Å². The van der Waals surface area contributed by atoms with E-state index < -0.39 is 6.10 Å². The van der Waals surface area contributed by atoms with Crippen LogP contribution in [0.25, 0.3) is 0 Å². The Morgan fingerprint density at radius 1 is 0.288 bits per heavy atom. The van der Waals surface area contributed by atoms with E-state index in [1.165, 1.54) is 141 Å². The van der Waals surface area contributed by atoms with Crippen LogP contribution in [0.5, 0.6) is 0 Å². The van der Waals surface area contributed by atoms with Crippen molar-refractivity contribution >= 4 is 17.9 Å². The van der Waals surface area contributed by atoms with Gasteiger partial charge >= 0.3 is 17.9 Å². The summed E-state index contributed by atoms with van der Waals surface area (Å²) in [6, 6.07) is 0. The lowest BCUT2D eigenvalue weighted by molar-refractivity contribution is -0.167. The Morgan fingerprint density at radius 3 is 0.890 bits per heavy atom. The van der Waals surface area contributed by atoms with Gasteiger partial charge in [0.25, 0.3) is 0 Å². The molecular weight excluding hydrogens is 901 g/mol. The number of hydrogen-bond donors (Lipinski definition) is 0. The molecule has 0 spiro atoms. The molecule has 0 amide bonds. The van der Waals surface area contributed by atoms with Crippen LogP contribution in [0.3, 0.4) is 0 Å². The molecule has 418 valence electrons. The first-order chi connectivity index (χ1) is 36.0. The summed E-state index contributed by atoms with van der Waals surface area (Å²) >= 11 is 0. The molecule has 0 aliphatic carbocycles. The Labute approximate surface area is 451 Å². The van der Waals surface area contributed by atoms with E-state index in [1.54, 1.807) is 0 Å². The predicted molar refractivity (Wildman–Crippen MR) is 316 cm³/mol. The predicted octanol–water partition coefficient (Wildman–Crippen LogP) is 20.9. The second-order valence-corrected chi connectivity index (χ2v) is 20.2. The average Bonchev–Trinajstić information content (AvgIpc) is 3.39. The van der Waals surface area contributed by atoms with E-state index in [2.05, 4.69) is 118 Å². The van der Waals surface area contributed by atoms with Gasteiger partial charge in [-0.3, -0.25) is 14.4 Å². The van der Waals surface area contributed by atoms with Crippen LogP contribution in [0.15, 0.2) is 97.2 Å². The maximum atomic E-state index is 12.9. The van der Waals surface area contributed by atoms with Gasteiger partial charge in [-0.2, -0.15) is 0 Å². The maximum absolute atomic E-state index is 12.9. The lowest BCUT2D eigenvalue weighted by Gasteiger charge is -2.18. The highest BCUT2D eigenvalue weighted by atomic mass is 16.6. The van der Waals surface area contributed by atoms with Gasteiger partial charge in [0.05, 0.1) is 0 Å². The molecule has 0 radical (unpaired) electrons. The lowest BCUT2D eigenvalue weighted by atomic mass is 10.1. The number of unbranched alkanes of at least 4 members (excludes halogenated alkanes) is 28. The molecule has 0 saturated heterocycles. The zero-order valence-corrected chi connectivity index (χ0v) is 47.9. The van der Waals surface area contributed by atoms with Gasteiger partial charge < -0.3 is 14.2 Å². The summed E-state index contributed by atoms with van der Waals surface area (Å²) < 4.78 is 16.9. The van der Waals surface area contributed by atoms with E-state index in [0.717, 1.165) is 109 Å². The normalized spacial score (nSPS) is 12.8. The molecule has 0 unspecified atom stereocenters. The molecule has 0 saturated carbocycles. The molecule has 0 aliphatic rings. The fourth-order valence-electron chi connectivity index (χ4n) is 8.44. The average molecular weight is 1020 g/mol. The second-order valence-electron chi connectivity index (χ2n) is 20.2. The van der Waals surface area contributed by atoms with Gasteiger partial charge in [0.15, 0.2) is 6.10 Å². The van der Waals surface area contributed by atoms with E-state index in [4.69, 9.17) is 14.2 Å². The molecule has 0 aromatic carbocycles. The van der Waals surface area contributed by atoms with E-state index in [0.29, 0.717) is 19.3 Å². The first-order valence-corrected chi connectivity index (χ1v) is 30.7. The molecule has 0 aliphatic heterocycles. The third-order valence-electron chi connectivity index (χ3n) is 13.0. The Hall–Kier alpha value is -3.67. The zero-order chi connectivity index (χ0) is 52.9. The second kappa shape index (κ2) is 60.9. The first kappa shape index (κ1) is 69.3. The molecule has 0 aromatic rings. The van der Waals surface area contributed by atoms with Gasteiger partial charge in [0.2, 0.25) is 0 Å². The molecule has 0 N–H and O–H groups in total. The standard InChI is InChI=1S/C67H114O6/c1-4-7-10-13-16-19-22-25-28-31-33-36-39-42-45-48-51-54-57-60-66(69)72-63-64(62-71-65(68)59-56-53-50-47-44-41-38-35-30-27-24-21-18-15-12-9-6-3)73-67(70)61-58-55-52-49-46-43-40-37-34-32-29-26-23-20-17-14-11-8-5-2/h7,10,16,18-19,21,25-30,33,36,42,45,64H,4-6,8-9,11-15,17,20,22-24,31-32,34-35,37-41,43-44,46-63H2,1-3H3/b10-7-,19-16-,21-18-,28-25-,29-26-,30-27-,36-33-,45-42-/t64-/m1/s1. The molecule has 0 bridgehead atoms. The van der Waals surface area contributed by atoms with Crippen molar-refractivity contribution in [3.63, 3.8) is 0 Å². The van der Waals surface area contributed by atoms with Crippen molar-refractivity contribution < 1.29 is 28.6 Å². The fourth-order valence-corrected chi connectivity index (χ4v) is 8.44. The van der Waals surface area contributed by atoms with Crippen LogP contribution < -0.4 is 0 Å². The Bertz CT molecular complexity index is 1440. The zero-order valence-electron chi connectivity index (χ0n) is 47.9. The SMILES string of the molecule is CC/C=C\C/C=C\C/C=C\C/C=C\C/C=C\CCCCCC(=O)OC[C@@H](COC(=O)CCCCCCCCC/C=C\C/C=C\CCCCC)OC(=O)CCCCCCCCCCC/C=C\CCCCCCCC. The molecule has 0 fully saturated rings. The summed E-state index contributed by atoms with van der Waals surface area (Å²) in [6.45, 7) is 6.48. The van der Waals surface area contributed by atoms with Crippen molar-refractivity contribution in [3.8, 4) is 0 Å². The van der Waals surface area contributed by atoms with Gasteiger partial charge in [0.1, 0.15) is 13.2 Å². The van der Waals surface area contributed by atoms with Crippen LogP contribution in [0, 0.1) is 0 Å². The minimum Gasteiger partial charge on any atom is -0.462 e. The van der Waals surface area contributed by atoms with Gasteiger partial charge in [-0.25, -0.2) is 0 Å². The Kier molecular flexibility index (Phi) is 57.8. The van der Waals surface area contributed by atoms with Gasteiger partial charge in [0, 0.05) is 19.3 Å². The van der Waals surface area contributed by atoms with Gasteiger partial charge in [-0.1, -0.05) is 246 Å². The van der Waals surface area contributed by atoms with Crippen LogP contribution in [-0.4, -0.2) is 37.2 Å². The smallest absolute Gasteiger partial charge is 0.306 e. The van der Waals surface area contributed by atoms with Crippen molar-refractivity contribution in [3.05, 3.63) is 97.2 Å². The topological polar surface area (TPSA) is 78.9 Å². The van der Waals surface area contributed by atoms with Gasteiger partial charge in [-0.15, -0.1) is 0 Å².